The van der Waals surface area contributed by atoms with E-state index >= 15 is 0 Å². The summed E-state index contributed by atoms with van der Waals surface area (Å²) in [5.41, 5.74) is 2.52. The molecule has 0 bridgehead atoms. The van der Waals surface area contributed by atoms with Crippen LogP contribution in [0, 0.1) is 0 Å². The molecule has 0 amide bonds. The lowest BCUT2D eigenvalue weighted by Gasteiger charge is -2.08. The fourth-order valence-corrected chi connectivity index (χ4v) is 4.95. The van der Waals surface area contributed by atoms with Gasteiger partial charge in [0, 0.05) is 17.1 Å². The zero-order chi connectivity index (χ0) is 20.6. The van der Waals surface area contributed by atoms with E-state index in [0.29, 0.717) is 33.3 Å². The Morgan fingerprint density at radius 1 is 1.03 bits per heavy atom. The number of aliphatic hydroxyl groups is 1. The molecule has 4 rings (SSSR count). The number of halogens is 2. The van der Waals surface area contributed by atoms with Gasteiger partial charge < -0.3 is 5.11 Å². The summed E-state index contributed by atoms with van der Waals surface area (Å²) < 4.78 is 27.6. The highest BCUT2D eigenvalue weighted by Gasteiger charge is 2.22. The molecule has 0 unspecified atom stereocenters. The van der Waals surface area contributed by atoms with E-state index in [9.17, 15) is 13.5 Å². The van der Waals surface area contributed by atoms with Gasteiger partial charge in [-0.2, -0.15) is 0 Å². The van der Waals surface area contributed by atoms with Crippen LogP contribution in [0.15, 0.2) is 60.9 Å². The third-order valence-electron chi connectivity index (χ3n) is 4.48. The first-order valence-corrected chi connectivity index (χ1v) is 11.0. The number of hydrogen-bond acceptors (Lipinski definition) is 5. The quantitative estimate of drug-likeness (QED) is 0.461. The fraction of sp³-hybridized carbons (Fsp3) is 0.100. The Morgan fingerprint density at radius 3 is 2.52 bits per heavy atom. The van der Waals surface area contributed by atoms with E-state index in [4.69, 9.17) is 23.2 Å². The molecule has 29 heavy (non-hydrogen) atoms. The molecule has 0 radical (unpaired) electrons. The van der Waals surface area contributed by atoms with E-state index in [0.717, 1.165) is 0 Å². The average Bonchev–Trinajstić information content (AvgIpc) is 3.09. The number of nitrogens with zero attached hydrogens (tertiary/aromatic N) is 3. The third kappa shape index (κ3) is 3.86. The predicted octanol–water partition coefficient (Wildman–Crippen LogP) is 4.28. The van der Waals surface area contributed by atoms with Crippen LogP contribution < -0.4 is 0 Å². The maximum absolute atomic E-state index is 13.2. The zero-order valence-electron chi connectivity index (χ0n) is 15.0. The molecular weight excluding hydrogens is 433 g/mol. The number of fused-ring (bicyclic) bond motifs is 1. The van der Waals surface area contributed by atoms with Gasteiger partial charge in [0.2, 0.25) is 15.3 Å². The van der Waals surface area contributed by atoms with Crippen molar-refractivity contribution < 1.29 is 13.5 Å². The van der Waals surface area contributed by atoms with Crippen LogP contribution in [0.5, 0.6) is 0 Å². The van der Waals surface area contributed by atoms with E-state index in [1.165, 1.54) is 16.4 Å². The average molecular weight is 448 g/mol. The van der Waals surface area contributed by atoms with Crippen molar-refractivity contribution in [3.05, 3.63) is 82.4 Å². The Labute approximate surface area is 177 Å². The molecule has 0 saturated carbocycles. The summed E-state index contributed by atoms with van der Waals surface area (Å²) in [5, 5.41) is 10.4. The normalized spacial score (nSPS) is 11.8. The smallest absolute Gasteiger partial charge is 0.243 e. The van der Waals surface area contributed by atoms with Gasteiger partial charge in [-0.15, -0.1) is 0 Å². The second kappa shape index (κ2) is 7.76. The van der Waals surface area contributed by atoms with Gasteiger partial charge in [-0.05, 0) is 28.8 Å². The summed E-state index contributed by atoms with van der Waals surface area (Å²) in [6.07, 6.45) is 2.85. The Bertz CT molecular complexity index is 1310. The third-order valence-corrected chi connectivity index (χ3v) is 6.54. The first-order valence-electron chi connectivity index (χ1n) is 8.59. The summed E-state index contributed by atoms with van der Waals surface area (Å²) in [5.74, 6) is -0.182. The molecule has 0 spiro atoms. The van der Waals surface area contributed by atoms with Crippen LogP contribution in [0.1, 0.15) is 11.1 Å². The maximum atomic E-state index is 13.2. The number of aromatic nitrogens is 3. The van der Waals surface area contributed by atoms with Crippen LogP contribution >= 0.6 is 23.2 Å². The summed E-state index contributed by atoms with van der Waals surface area (Å²) in [7, 11) is -3.76. The van der Waals surface area contributed by atoms with Gasteiger partial charge in [0.25, 0.3) is 0 Å². The van der Waals surface area contributed by atoms with Crippen molar-refractivity contribution >= 4 is 44.1 Å². The van der Waals surface area contributed by atoms with Crippen molar-refractivity contribution in [2.75, 3.05) is 0 Å². The molecule has 0 saturated heterocycles. The Kier molecular flexibility index (Phi) is 5.31. The minimum Gasteiger partial charge on any atom is -0.392 e. The fourth-order valence-electron chi connectivity index (χ4n) is 3.15. The topological polar surface area (TPSA) is 85.1 Å². The Balaban J connectivity index is 1.95. The van der Waals surface area contributed by atoms with Crippen molar-refractivity contribution in [2.24, 2.45) is 0 Å². The molecule has 0 aliphatic rings. The van der Waals surface area contributed by atoms with Crippen LogP contribution in [0.4, 0.5) is 0 Å². The summed E-state index contributed by atoms with van der Waals surface area (Å²) in [6.45, 7) is -0.213. The van der Waals surface area contributed by atoms with E-state index in [1.807, 2.05) is 6.07 Å². The minimum atomic E-state index is -3.76. The first kappa shape index (κ1) is 19.8. The van der Waals surface area contributed by atoms with Gasteiger partial charge in [0.1, 0.15) is 0 Å². The predicted molar refractivity (Wildman–Crippen MR) is 113 cm³/mol. The van der Waals surface area contributed by atoms with E-state index in [1.54, 1.807) is 42.5 Å². The van der Waals surface area contributed by atoms with Gasteiger partial charge >= 0.3 is 0 Å². The van der Waals surface area contributed by atoms with Crippen molar-refractivity contribution in [1.82, 2.24) is 13.9 Å². The molecule has 2 aromatic carbocycles. The highest BCUT2D eigenvalue weighted by molar-refractivity contribution is 7.89. The number of benzene rings is 2. The summed E-state index contributed by atoms with van der Waals surface area (Å²) in [4.78, 5) is 8.03. The van der Waals surface area contributed by atoms with Gasteiger partial charge in [-0.3, -0.25) is 0 Å². The van der Waals surface area contributed by atoms with Gasteiger partial charge in [-0.1, -0.05) is 54.1 Å². The van der Waals surface area contributed by atoms with E-state index in [2.05, 4.69) is 9.97 Å². The van der Waals surface area contributed by atoms with Gasteiger partial charge in [-0.25, -0.2) is 22.4 Å². The molecule has 0 aliphatic carbocycles. The summed E-state index contributed by atoms with van der Waals surface area (Å²) in [6, 6.07) is 14.0. The minimum absolute atomic E-state index is 0.00409. The number of rotatable bonds is 5. The molecule has 148 valence electrons. The molecule has 2 heterocycles. The molecule has 0 atom stereocenters. The lowest BCUT2D eigenvalue weighted by molar-refractivity contribution is 0.282. The lowest BCUT2D eigenvalue weighted by atomic mass is 10.1. The molecule has 0 fully saturated rings. The zero-order valence-corrected chi connectivity index (χ0v) is 17.3. The number of hydrogen-bond donors (Lipinski definition) is 1. The molecule has 6 nitrogen and oxygen atoms in total. The van der Waals surface area contributed by atoms with E-state index in [-0.39, 0.29) is 22.7 Å². The molecular formula is C20H15Cl2N3O3S. The van der Waals surface area contributed by atoms with Crippen LogP contribution in [0.25, 0.3) is 22.2 Å². The lowest BCUT2D eigenvalue weighted by Crippen LogP contribution is -2.14. The van der Waals surface area contributed by atoms with Crippen molar-refractivity contribution in [2.45, 2.75) is 12.4 Å². The molecule has 4 aromatic rings. The SMILES string of the molecule is O=S(=O)(Cc1ccccc1)n1cc(-c2nc(Cl)ncc2Cl)c2ccc(CO)cc21. The van der Waals surface area contributed by atoms with Crippen molar-refractivity contribution in [1.29, 1.82) is 0 Å². The molecule has 9 heteroatoms. The van der Waals surface area contributed by atoms with Crippen LogP contribution in [-0.4, -0.2) is 27.5 Å². The van der Waals surface area contributed by atoms with Gasteiger partial charge in [0.05, 0.1) is 34.8 Å². The highest BCUT2D eigenvalue weighted by Crippen LogP contribution is 2.35. The van der Waals surface area contributed by atoms with Crippen molar-refractivity contribution in [3.8, 4) is 11.3 Å². The summed E-state index contributed by atoms with van der Waals surface area (Å²) >= 11 is 12.2. The second-order valence-corrected chi connectivity index (χ2v) is 9.02. The number of aliphatic hydroxyl groups excluding tert-OH is 1. The van der Waals surface area contributed by atoms with Crippen LogP contribution in [-0.2, 0) is 22.4 Å². The van der Waals surface area contributed by atoms with Crippen LogP contribution in [0.3, 0.4) is 0 Å². The molecule has 2 aromatic heterocycles. The monoisotopic (exact) mass is 447 g/mol. The second-order valence-electron chi connectivity index (χ2n) is 6.43. The largest absolute Gasteiger partial charge is 0.392 e. The molecule has 1 N–H and O–H groups in total. The highest BCUT2D eigenvalue weighted by atomic mass is 35.5. The van der Waals surface area contributed by atoms with Crippen molar-refractivity contribution in [3.63, 3.8) is 0 Å². The Morgan fingerprint density at radius 2 is 1.79 bits per heavy atom. The van der Waals surface area contributed by atoms with Crippen LogP contribution in [0.2, 0.25) is 10.3 Å². The van der Waals surface area contributed by atoms with E-state index < -0.39 is 10.0 Å². The Hall–Kier alpha value is -2.45. The van der Waals surface area contributed by atoms with Gasteiger partial charge in [0.15, 0.2) is 0 Å². The first-order chi connectivity index (χ1) is 13.9. The molecule has 0 aliphatic heterocycles. The maximum Gasteiger partial charge on any atom is 0.243 e. The standard InChI is InChI=1S/C20H15Cl2N3O3S/c21-17-9-23-20(22)24-19(17)16-10-25(18-8-14(11-26)6-7-15(16)18)29(27,28)12-13-4-2-1-3-5-13/h1-10,26H,11-12H2.